The molecular weight excluding hydrogens is 369 g/mol. The van der Waals surface area contributed by atoms with E-state index in [0.29, 0.717) is 17.3 Å². The zero-order chi connectivity index (χ0) is 19.8. The van der Waals surface area contributed by atoms with Crippen LogP contribution >= 0.6 is 0 Å². The highest BCUT2D eigenvalue weighted by molar-refractivity contribution is 7.90. The molecule has 3 rings (SSSR count). The van der Waals surface area contributed by atoms with Crippen LogP contribution in [0.25, 0.3) is 10.9 Å². The van der Waals surface area contributed by atoms with Crippen molar-refractivity contribution in [1.82, 2.24) is 4.57 Å². The molecule has 27 heavy (non-hydrogen) atoms. The van der Waals surface area contributed by atoms with Crippen molar-refractivity contribution >= 4 is 26.6 Å². The van der Waals surface area contributed by atoms with E-state index in [2.05, 4.69) is 0 Å². The number of benzene rings is 2. The van der Waals surface area contributed by atoms with Gasteiger partial charge in [0.1, 0.15) is 0 Å². The minimum atomic E-state index is -3.35. The van der Waals surface area contributed by atoms with E-state index < -0.39 is 15.7 Å². The zero-order valence-corrected chi connectivity index (χ0v) is 16.1. The monoisotopic (exact) mass is 389 g/mol. The van der Waals surface area contributed by atoms with Crippen molar-refractivity contribution in [2.75, 3.05) is 13.4 Å². The number of rotatable bonds is 5. The van der Waals surface area contributed by atoms with Crippen LogP contribution in [0.3, 0.4) is 0 Å². The Balaban J connectivity index is 2.18. The van der Waals surface area contributed by atoms with Gasteiger partial charge in [0.2, 0.25) is 0 Å². The minimum Gasteiger partial charge on any atom is -0.494 e. The number of methoxy groups -OCH3 is 1. The van der Waals surface area contributed by atoms with Gasteiger partial charge in [-0.1, -0.05) is 13.3 Å². The molecule has 3 aromatic rings. The molecule has 0 saturated heterocycles. The number of sulfone groups is 1. The number of aromatic nitrogens is 1. The van der Waals surface area contributed by atoms with Gasteiger partial charge in [0.25, 0.3) is 5.91 Å². The molecule has 142 valence electrons. The summed E-state index contributed by atoms with van der Waals surface area (Å²) in [6, 6.07) is 10.5. The number of carbonyl (C=O) groups excluding carboxylic acids is 1. The number of fused-ring (bicyclic) bond motifs is 1. The van der Waals surface area contributed by atoms with Crippen LogP contribution in [-0.2, 0) is 16.3 Å². The van der Waals surface area contributed by atoms with Crippen LogP contribution in [-0.4, -0.2) is 32.3 Å². The number of hydrogen-bond donors (Lipinski definition) is 0. The second-order valence-corrected chi connectivity index (χ2v) is 8.38. The Morgan fingerprint density at radius 1 is 1.15 bits per heavy atom. The van der Waals surface area contributed by atoms with Crippen molar-refractivity contribution in [3.8, 4) is 5.75 Å². The van der Waals surface area contributed by atoms with Crippen LogP contribution in [0.2, 0.25) is 0 Å². The maximum Gasteiger partial charge on any atom is 0.262 e. The van der Waals surface area contributed by atoms with Gasteiger partial charge in [-0.3, -0.25) is 9.36 Å². The number of hydrogen-bond acceptors (Lipinski definition) is 4. The number of nitrogens with zero attached hydrogens (tertiary/aromatic N) is 1. The van der Waals surface area contributed by atoms with Crippen molar-refractivity contribution in [2.45, 2.75) is 24.7 Å². The van der Waals surface area contributed by atoms with Crippen LogP contribution < -0.4 is 4.74 Å². The predicted molar refractivity (Wildman–Crippen MR) is 102 cm³/mol. The lowest BCUT2D eigenvalue weighted by atomic mass is 10.2. The average Bonchev–Trinajstić information content (AvgIpc) is 2.97. The van der Waals surface area contributed by atoms with Crippen LogP contribution in [0.4, 0.5) is 4.39 Å². The smallest absolute Gasteiger partial charge is 0.262 e. The summed E-state index contributed by atoms with van der Waals surface area (Å²) in [5, 5.41) is 0.656. The normalized spacial score (nSPS) is 11.7. The highest BCUT2D eigenvalue weighted by Crippen LogP contribution is 2.26. The van der Waals surface area contributed by atoms with Gasteiger partial charge >= 0.3 is 0 Å². The SMILES string of the molecule is CCCc1cc2cc(S(C)(=O)=O)ccc2n1C(=O)c1ccc(OC)c(F)c1. The first-order chi connectivity index (χ1) is 12.8. The summed E-state index contributed by atoms with van der Waals surface area (Å²) in [7, 11) is -1.99. The molecule has 0 saturated carbocycles. The summed E-state index contributed by atoms with van der Waals surface area (Å²) in [6.45, 7) is 1.99. The maximum absolute atomic E-state index is 14.0. The summed E-state index contributed by atoms with van der Waals surface area (Å²) in [5.41, 5.74) is 1.53. The third kappa shape index (κ3) is 3.60. The van der Waals surface area contributed by atoms with Crippen molar-refractivity contribution in [3.05, 3.63) is 59.5 Å². The van der Waals surface area contributed by atoms with Gasteiger partial charge < -0.3 is 4.74 Å². The van der Waals surface area contributed by atoms with Crippen LogP contribution in [0.15, 0.2) is 47.4 Å². The molecule has 0 aliphatic carbocycles. The minimum absolute atomic E-state index is 0.0653. The second kappa shape index (κ2) is 7.15. The van der Waals surface area contributed by atoms with E-state index in [-0.39, 0.29) is 22.1 Å². The van der Waals surface area contributed by atoms with E-state index in [1.165, 1.54) is 29.9 Å². The average molecular weight is 389 g/mol. The van der Waals surface area contributed by atoms with Crippen molar-refractivity contribution in [1.29, 1.82) is 0 Å². The molecule has 0 bridgehead atoms. The molecule has 0 atom stereocenters. The molecular formula is C20H20FNO4S. The number of ether oxygens (including phenoxy) is 1. The first kappa shape index (κ1) is 19.1. The van der Waals surface area contributed by atoms with E-state index >= 15 is 0 Å². The largest absolute Gasteiger partial charge is 0.494 e. The van der Waals surface area contributed by atoms with Gasteiger partial charge in [0.05, 0.1) is 17.5 Å². The predicted octanol–water partition coefficient (Wildman–Crippen LogP) is 3.83. The lowest BCUT2D eigenvalue weighted by Gasteiger charge is -2.10. The maximum atomic E-state index is 14.0. The molecule has 0 aliphatic rings. The fraction of sp³-hybridized carbons (Fsp3) is 0.250. The lowest BCUT2D eigenvalue weighted by Crippen LogP contribution is -2.15. The Morgan fingerprint density at radius 3 is 2.48 bits per heavy atom. The van der Waals surface area contributed by atoms with Gasteiger partial charge in [-0.2, -0.15) is 0 Å². The van der Waals surface area contributed by atoms with E-state index in [0.717, 1.165) is 24.4 Å². The number of aryl methyl sites for hydroxylation is 1. The number of carbonyl (C=O) groups is 1. The fourth-order valence-electron chi connectivity index (χ4n) is 3.09. The van der Waals surface area contributed by atoms with Gasteiger partial charge in [0.15, 0.2) is 21.4 Å². The standard InChI is InChI=1S/C20H20FNO4S/c1-4-5-15-10-14-11-16(27(3,24)25)7-8-18(14)22(15)20(23)13-6-9-19(26-2)17(21)12-13/h6-12H,4-5H2,1-3H3. The van der Waals surface area contributed by atoms with E-state index in [4.69, 9.17) is 4.74 Å². The number of halogens is 1. The lowest BCUT2D eigenvalue weighted by molar-refractivity contribution is 0.0961. The molecule has 0 aliphatic heterocycles. The summed E-state index contributed by atoms with van der Waals surface area (Å²) in [4.78, 5) is 13.3. The Kier molecular flexibility index (Phi) is 5.06. The molecule has 0 N–H and O–H groups in total. The molecule has 0 spiro atoms. The highest BCUT2D eigenvalue weighted by atomic mass is 32.2. The molecule has 0 radical (unpaired) electrons. The molecule has 1 heterocycles. The quantitative estimate of drug-likeness (QED) is 0.665. The first-order valence-corrected chi connectivity index (χ1v) is 10.4. The van der Waals surface area contributed by atoms with E-state index in [9.17, 15) is 17.6 Å². The van der Waals surface area contributed by atoms with Crippen LogP contribution in [0.5, 0.6) is 5.75 Å². The van der Waals surface area contributed by atoms with Crippen LogP contribution in [0, 0.1) is 5.82 Å². The van der Waals surface area contributed by atoms with Crippen molar-refractivity contribution < 1.29 is 22.3 Å². The van der Waals surface area contributed by atoms with Crippen LogP contribution in [0.1, 0.15) is 29.4 Å². The highest BCUT2D eigenvalue weighted by Gasteiger charge is 2.19. The van der Waals surface area contributed by atoms with Crippen molar-refractivity contribution in [3.63, 3.8) is 0 Å². The third-order valence-electron chi connectivity index (χ3n) is 4.39. The summed E-state index contributed by atoms with van der Waals surface area (Å²) >= 11 is 0. The molecule has 0 fully saturated rings. The summed E-state index contributed by atoms with van der Waals surface area (Å²) in [6.07, 6.45) is 2.58. The van der Waals surface area contributed by atoms with Gasteiger partial charge in [-0.15, -0.1) is 0 Å². The van der Waals surface area contributed by atoms with E-state index in [1.54, 1.807) is 12.1 Å². The fourth-order valence-corrected chi connectivity index (χ4v) is 3.75. The third-order valence-corrected chi connectivity index (χ3v) is 5.50. The first-order valence-electron chi connectivity index (χ1n) is 8.49. The molecule has 7 heteroatoms. The molecule has 5 nitrogen and oxygen atoms in total. The second-order valence-electron chi connectivity index (χ2n) is 6.37. The Morgan fingerprint density at radius 2 is 1.89 bits per heavy atom. The zero-order valence-electron chi connectivity index (χ0n) is 15.3. The Labute approximate surface area is 157 Å². The Hall–Kier alpha value is -2.67. The van der Waals surface area contributed by atoms with E-state index in [1.807, 2.05) is 13.0 Å². The van der Waals surface area contributed by atoms with Gasteiger partial charge in [-0.25, -0.2) is 12.8 Å². The molecule has 0 unspecified atom stereocenters. The topological polar surface area (TPSA) is 65.4 Å². The summed E-state index contributed by atoms with van der Waals surface area (Å²) in [5.74, 6) is -0.922. The van der Waals surface area contributed by atoms with Crippen molar-refractivity contribution in [2.24, 2.45) is 0 Å². The molecule has 2 aromatic carbocycles. The van der Waals surface area contributed by atoms with Gasteiger partial charge in [0, 0.05) is 22.9 Å². The van der Waals surface area contributed by atoms with Gasteiger partial charge in [-0.05, 0) is 48.9 Å². The Bertz CT molecular complexity index is 1130. The molecule has 0 amide bonds. The summed E-state index contributed by atoms with van der Waals surface area (Å²) < 4.78 is 44.1. The molecule has 1 aromatic heterocycles.